The fraction of sp³-hybridized carbons (Fsp3) is 0.270. The lowest BCUT2D eigenvalue weighted by atomic mass is 10.0. The normalized spacial score (nSPS) is 15.4. The van der Waals surface area contributed by atoms with E-state index in [9.17, 15) is 22.8 Å². The third-order valence-electron chi connectivity index (χ3n) is 8.01. The number of benzene rings is 4. The number of anilines is 1. The maximum Gasteiger partial charge on any atom is 0.251 e. The molecule has 9 heteroatoms. The lowest BCUT2D eigenvalue weighted by Gasteiger charge is -2.24. The van der Waals surface area contributed by atoms with Crippen molar-refractivity contribution in [2.75, 3.05) is 23.7 Å². The van der Waals surface area contributed by atoms with Crippen LogP contribution in [0.4, 0.5) is 5.69 Å². The summed E-state index contributed by atoms with van der Waals surface area (Å²) in [6.07, 6.45) is 5.07. The number of aryl methyl sites for hydroxylation is 2. The van der Waals surface area contributed by atoms with E-state index < -0.39 is 38.7 Å². The van der Waals surface area contributed by atoms with E-state index in [-0.39, 0.29) is 16.7 Å². The molecule has 1 heterocycles. The molecule has 1 fully saturated rings. The van der Waals surface area contributed by atoms with Crippen LogP contribution in [0, 0.1) is 0 Å². The molecule has 1 saturated heterocycles. The molecule has 0 aromatic heterocycles. The zero-order valence-corrected chi connectivity index (χ0v) is 26.5. The zero-order valence-electron chi connectivity index (χ0n) is 25.7. The van der Waals surface area contributed by atoms with Crippen molar-refractivity contribution in [1.82, 2.24) is 10.6 Å². The molecule has 1 atom stereocenters. The molecule has 1 aliphatic heterocycles. The van der Waals surface area contributed by atoms with E-state index in [2.05, 4.69) is 34.9 Å². The number of nitrogens with zero attached hydrogens (tertiary/aromatic N) is 1. The molecule has 0 aliphatic carbocycles. The van der Waals surface area contributed by atoms with Crippen molar-refractivity contribution < 1.29 is 22.8 Å². The Morgan fingerprint density at radius 3 is 1.59 bits per heavy atom. The third kappa shape index (κ3) is 8.48. The number of sulfone groups is 1. The van der Waals surface area contributed by atoms with Crippen LogP contribution in [0.2, 0.25) is 0 Å². The van der Waals surface area contributed by atoms with Crippen molar-refractivity contribution in [2.45, 2.75) is 43.9 Å². The van der Waals surface area contributed by atoms with E-state index in [1.165, 1.54) is 34.2 Å². The molecule has 8 nitrogen and oxygen atoms in total. The molecule has 0 saturated carbocycles. The molecule has 5 rings (SSSR count). The molecule has 4 aromatic rings. The van der Waals surface area contributed by atoms with Crippen molar-refractivity contribution in [3.63, 3.8) is 0 Å². The molecule has 238 valence electrons. The van der Waals surface area contributed by atoms with Crippen LogP contribution >= 0.6 is 0 Å². The number of amides is 3. The summed E-state index contributed by atoms with van der Waals surface area (Å²) in [4.78, 5) is 41.0. The van der Waals surface area contributed by atoms with Crippen molar-refractivity contribution in [3.05, 3.63) is 137 Å². The van der Waals surface area contributed by atoms with E-state index in [0.29, 0.717) is 18.8 Å². The first-order valence-electron chi connectivity index (χ1n) is 15.7. The second-order valence-corrected chi connectivity index (χ2v) is 13.6. The molecular formula is C37H39N3O5S. The van der Waals surface area contributed by atoms with Crippen molar-refractivity contribution in [1.29, 1.82) is 0 Å². The SMILES string of the molecule is O=C(NCCCCc1ccccc1)c1cc(C(=O)NCCCCc2ccccc2)cc(C2N(c3ccccc3)C(=O)CS2(=O)=O)c1. The Hall–Kier alpha value is -4.76. The number of rotatable bonds is 14. The zero-order chi connectivity index (χ0) is 32.4. The van der Waals surface area contributed by atoms with Crippen molar-refractivity contribution >= 4 is 33.2 Å². The Balaban J connectivity index is 1.33. The summed E-state index contributed by atoms with van der Waals surface area (Å²) in [6, 6.07) is 33.2. The van der Waals surface area contributed by atoms with Crippen LogP contribution in [0.5, 0.6) is 0 Å². The number of unbranched alkanes of at least 4 members (excludes halogenated alkanes) is 2. The van der Waals surface area contributed by atoms with Gasteiger partial charge in [0.15, 0.2) is 15.2 Å². The summed E-state index contributed by atoms with van der Waals surface area (Å²) in [5.41, 5.74) is 3.41. The fourth-order valence-electron chi connectivity index (χ4n) is 5.70. The Kier molecular flexibility index (Phi) is 11.0. The predicted molar refractivity (Wildman–Crippen MR) is 180 cm³/mol. The maximum absolute atomic E-state index is 13.4. The van der Waals surface area contributed by atoms with Crippen molar-refractivity contribution in [3.8, 4) is 0 Å². The average Bonchev–Trinajstić information content (AvgIpc) is 3.32. The molecule has 3 amide bonds. The standard InChI is InChI=1S/C37H39N3O5S/c41-34-27-46(44,45)37(40(34)33-20-8-3-9-21-33)32-25-30(35(42)38-22-12-10-18-28-14-4-1-5-15-28)24-31(26-32)36(43)39-23-13-11-19-29-16-6-2-7-17-29/h1-9,14-17,20-21,24-26,37H,10-13,18-19,22-23,27H2,(H,38,42)(H,39,43). The molecule has 1 unspecified atom stereocenters. The van der Waals surface area contributed by atoms with Gasteiger partial charge >= 0.3 is 0 Å². The number of carbonyl (C=O) groups excluding carboxylic acids is 3. The van der Waals surface area contributed by atoms with Gasteiger partial charge in [-0.1, -0.05) is 78.9 Å². The number of nitrogens with one attached hydrogen (secondary N) is 2. The summed E-state index contributed by atoms with van der Waals surface area (Å²) in [5.74, 6) is -2.04. The molecular weight excluding hydrogens is 598 g/mol. The first-order chi connectivity index (χ1) is 22.3. The van der Waals surface area contributed by atoms with Gasteiger partial charge in [-0.3, -0.25) is 19.3 Å². The molecule has 0 radical (unpaired) electrons. The van der Waals surface area contributed by atoms with Gasteiger partial charge in [-0.2, -0.15) is 0 Å². The van der Waals surface area contributed by atoms with Gasteiger partial charge in [0.25, 0.3) is 11.8 Å². The molecule has 4 aromatic carbocycles. The average molecular weight is 638 g/mol. The third-order valence-corrected chi connectivity index (χ3v) is 9.82. The minimum absolute atomic E-state index is 0.164. The Labute approximate surface area is 270 Å². The summed E-state index contributed by atoms with van der Waals surface area (Å²) in [6.45, 7) is 0.852. The first-order valence-corrected chi connectivity index (χ1v) is 17.4. The smallest absolute Gasteiger partial charge is 0.251 e. The fourth-order valence-corrected chi connectivity index (χ4v) is 7.45. The highest BCUT2D eigenvalue weighted by atomic mass is 32.2. The number of hydrogen-bond donors (Lipinski definition) is 2. The van der Waals surface area contributed by atoms with Gasteiger partial charge < -0.3 is 10.6 Å². The van der Waals surface area contributed by atoms with Gasteiger partial charge in [0.1, 0.15) is 5.75 Å². The highest BCUT2D eigenvalue weighted by Gasteiger charge is 2.46. The van der Waals surface area contributed by atoms with Crippen LogP contribution < -0.4 is 15.5 Å². The van der Waals surface area contributed by atoms with Crippen LogP contribution in [0.3, 0.4) is 0 Å². The summed E-state index contributed by atoms with van der Waals surface area (Å²) in [5, 5.41) is 4.47. The van der Waals surface area contributed by atoms with Gasteiger partial charge in [0.05, 0.1) is 0 Å². The topological polar surface area (TPSA) is 113 Å². The number of para-hydroxylation sites is 1. The van der Waals surface area contributed by atoms with Crippen LogP contribution in [0.15, 0.2) is 109 Å². The van der Waals surface area contributed by atoms with E-state index >= 15 is 0 Å². The molecule has 0 spiro atoms. The molecule has 2 N–H and O–H groups in total. The Bertz CT molecular complexity index is 1670. The lowest BCUT2D eigenvalue weighted by Crippen LogP contribution is -2.31. The van der Waals surface area contributed by atoms with E-state index in [1.807, 2.05) is 36.4 Å². The molecule has 1 aliphatic rings. The van der Waals surface area contributed by atoms with Crippen LogP contribution in [-0.4, -0.2) is 45.0 Å². The molecule has 46 heavy (non-hydrogen) atoms. The largest absolute Gasteiger partial charge is 0.352 e. The van der Waals surface area contributed by atoms with E-state index in [1.54, 1.807) is 30.3 Å². The van der Waals surface area contributed by atoms with Gasteiger partial charge in [-0.25, -0.2) is 8.42 Å². The number of hydrogen-bond acceptors (Lipinski definition) is 5. The minimum atomic E-state index is -3.96. The van der Waals surface area contributed by atoms with Crippen LogP contribution in [0.25, 0.3) is 0 Å². The lowest BCUT2D eigenvalue weighted by molar-refractivity contribution is -0.115. The highest BCUT2D eigenvalue weighted by molar-refractivity contribution is 7.93. The predicted octanol–water partition coefficient (Wildman–Crippen LogP) is 5.65. The Morgan fingerprint density at radius 1 is 0.652 bits per heavy atom. The van der Waals surface area contributed by atoms with Gasteiger partial charge in [-0.15, -0.1) is 0 Å². The van der Waals surface area contributed by atoms with Crippen LogP contribution in [0.1, 0.15) is 68.5 Å². The van der Waals surface area contributed by atoms with Gasteiger partial charge in [0, 0.05) is 29.9 Å². The highest BCUT2D eigenvalue weighted by Crippen LogP contribution is 2.38. The van der Waals surface area contributed by atoms with E-state index in [0.717, 1.165) is 38.5 Å². The minimum Gasteiger partial charge on any atom is -0.352 e. The van der Waals surface area contributed by atoms with E-state index in [4.69, 9.17) is 0 Å². The second kappa shape index (κ2) is 15.5. The quantitative estimate of drug-likeness (QED) is 0.174. The Morgan fingerprint density at radius 2 is 1.11 bits per heavy atom. The number of carbonyl (C=O) groups is 3. The summed E-state index contributed by atoms with van der Waals surface area (Å²) < 4.78 is 26.8. The van der Waals surface area contributed by atoms with Gasteiger partial charge in [-0.05, 0) is 85.5 Å². The monoisotopic (exact) mass is 637 g/mol. The van der Waals surface area contributed by atoms with Crippen molar-refractivity contribution in [2.24, 2.45) is 0 Å². The maximum atomic E-state index is 13.4. The summed E-state index contributed by atoms with van der Waals surface area (Å²) in [7, 11) is -3.96. The summed E-state index contributed by atoms with van der Waals surface area (Å²) >= 11 is 0. The molecule has 0 bridgehead atoms. The van der Waals surface area contributed by atoms with Gasteiger partial charge in [0.2, 0.25) is 5.91 Å². The first kappa shape index (κ1) is 32.6. The second-order valence-electron chi connectivity index (χ2n) is 11.5. The van der Waals surface area contributed by atoms with Crippen LogP contribution in [-0.2, 0) is 27.5 Å².